The molecule has 1 aliphatic rings. The van der Waals surface area contributed by atoms with Crippen LogP contribution in [-0.4, -0.2) is 45.2 Å². The molecule has 0 aromatic carbocycles. The summed E-state index contributed by atoms with van der Waals surface area (Å²) >= 11 is 0. The van der Waals surface area contributed by atoms with Crippen LogP contribution < -0.4 is 0 Å². The van der Waals surface area contributed by atoms with E-state index in [9.17, 15) is 9.59 Å². The lowest BCUT2D eigenvalue weighted by Gasteiger charge is -2.34. The normalized spacial score (nSPS) is 23.4. The summed E-state index contributed by atoms with van der Waals surface area (Å²) in [4.78, 5) is 25.0. The second-order valence-corrected chi connectivity index (χ2v) is 5.22. The average molecular weight is 265 g/mol. The number of hydrogen-bond acceptors (Lipinski definition) is 3. The maximum Gasteiger partial charge on any atom is 0.308 e. The van der Waals surface area contributed by atoms with E-state index >= 15 is 0 Å². The Balaban J connectivity index is 2.11. The van der Waals surface area contributed by atoms with Gasteiger partial charge in [-0.1, -0.05) is 13.8 Å². The molecule has 2 rings (SSSR count). The minimum atomic E-state index is -0.833. The summed E-state index contributed by atoms with van der Waals surface area (Å²) < 4.78 is 0. The maximum atomic E-state index is 12.3. The molecule has 1 fully saturated rings. The molecule has 1 aromatic rings. The van der Waals surface area contributed by atoms with E-state index in [-0.39, 0.29) is 18.4 Å². The smallest absolute Gasteiger partial charge is 0.308 e. The Morgan fingerprint density at radius 2 is 2.26 bits per heavy atom. The van der Waals surface area contributed by atoms with Crippen molar-refractivity contribution >= 4 is 11.9 Å². The lowest BCUT2D eigenvalue weighted by Crippen LogP contribution is -2.45. The van der Waals surface area contributed by atoms with Crippen molar-refractivity contribution in [1.82, 2.24) is 15.1 Å². The Hall–Kier alpha value is -1.85. The quantitative estimate of drug-likeness (QED) is 0.858. The molecule has 0 spiro atoms. The zero-order valence-corrected chi connectivity index (χ0v) is 11.2. The van der Waals surface area contributed by atoms with E-state index < -0.39 is 11.9 Å². The van der Waals surface area contributed by atoms with Crippen LogP contribution >= 0.6 is 0 Å². The molecule has 1 aromatic heterocycles. The molecule has 2 N–H and O–H groups in total. The molecule has 2 atom stereocenters. The third-order valence-electron chi connectivity index (χ3n) is 3.53. The summed E-state index contributed by atoms with van der Waals surface area (Å²) in [6.45, 7) is 4.81. The number of likely N-dealkylation sites (tertiary alicyclic amines) is 1. The Morgan fingerprint density at radius 3 is 2.84 bits per heavy atom. The molecule has 2 unspecified atom stereocenters. The number of carbonyl (C=O) groups is 2. The second kappa shape index (κ2) is 5.42. The summed E-state index contributed by atoms with van der Waals surface area (Å²) in [5.41, 5.74) is 1.28. The van der Waals surface area contributed by atoms with Crippen molar-refractivity contribution in [2.45, 2.75) is 26.7 Å². The summed E-state index contributed by atoms with van der Waals surface area (Å²) in [6.07, 6.45) is 1.41. The van der Waals surface area contributed by atoms with Gasteiger partial charge < -0.3 is 10.0 Å². The van der Waals surface area contributed by atoms with E-state index in [0.717, 1.165) is 12.1 Å². The molecule has 2 heterocycles. The Morgan fingerprint density at radius 1 is 1.53 bits per heavy atom. The largest absolute Gasteiger partial charge is 0.481 e. The van der Waals surface area contributed by atoms with Gasteiger partial charge in [0.15, 0.2) is 0 Å². The number of H-pyrrole nitrogens is 1. The van der Waals surface area contributed by atoms with Crippen molar-refractivity contribution in [3.63, 3.8) is 0 Å². The van der Waals surface area contributed by atoms with Crippen LogP contribution in [0.5, 0.6) is 0 Å². The van der Waals surface area contributed by atoms with Gasteiger partial charge in [-0.2, -0.15) is 5.10 Å². The van der Waals surface area contributed by atoms with E-state index in [1.165, 1.54) is 0 Å². The van der Waals surface area contributed by atoms with Crippen LogP contribution in [0, 0.1) is 11.8 Å². The number of aromatic amines is 1. The molecular weight excluding hydrogens is 246 g/mol. The van der Waals surface area contributed by atoms with Crippen molar-refractivity contribution in [2.75, 3.05) is 13.1 Å². The van der Waals surface area contributed by atoms with E-state index in [0.29, 0.717) is 18.7 Å². The average Bonchev–Trinajstić information content (AvgIpc) is 2.85. The summed E-state index contributed by atoms with van der Waals surface area (Å²) in [7, 11) is 0. The van der Waals surface area contributed by atoms with Crippen molar-refractivity contribution in [3.05, 3.63) is 17.5 Å². The van der Waals surface area contributed by atoms with Crippen LogP contribution in [0.25, 0.3) is 0 Å². The van der Waals surface area contributed by atoms with Gasteiger partial charge in [0.25, 0.3) is 5.91 Å². The van der Waals surface area contributed by atoms with Crippen LogP contribution in [0.2, 0.25) is 0 Å². The fourth-order valence-electron chi connectivity index (χ4n) is 2.51. The Bertz CT molecular complexity index is 483. The second-order valence-electron chi connectivity index (χ2n) is 5.22. The standard InChI is InChI=1S/C13H19N3O3/c1-3-10-5-11(15-14-10)12(17)16-6-8(2)4-9(7-16)13(18)19/h5,8-9H,3-4,6-7H2,1-2H3,(H,14,15)(H,18,19). The molecule has 1 amide bonds. The molecule has 0 aliphatic carbocycles. The minimum Gasteiger partial charge on any atom is -0.481 e. The summed E-state index contributed by atoms with van der Waals surface area (Å²) in [6, 6.07) is 1.73. The highest BCUT2D eigenvalue weighted by Crippen LogP contribution is 2.23. The van der Waals surface area contributed by atoms with Gasteiger partial charge in [0.1, 0.15) is 5.69 Å². The zero-order valence-electron chi connectivity index (χ0n) is 11.2. The van der Waals surface area contributed by atoms with Gasteiger partial charge in [-0.25, -0.2) is 0 Å². The number of aryl methyl sites for hydroxylation is 1. The molecule has 19 heavy (non-hydrogen) atoms. The molecule has 6 nitrogen and oxygen atoms in total. The molecule has 0 bridgehead atoms. The van der Waals surface area contributed by atoms with Crippen molar-refractivity contribution < 1.29 is 14.7 Å². The van der Waals surface area contributed by atoms with Crippen LogP contribution in [0.15, 0.2) is 6.07 Å². The first-order valence-electron chi connectivity index (χ1n) is 6.57. The van der Waals surface area contributed by atoms with Crippen LogP contribution in [0.4, 0.5) is 0 Å². The van der Waals surface area contributed by atoms with Gasteiger partial charge in [0.2, 0.25) is 0 Å². The van der Waals surface area contributed by atoms with E-state index in [2.05, 4.69) is 10.2 Å². The SMILES string of the molecule is CCc1cc(C(=O)N2CC(C)CC(C(=O)O)C2)n[nH]1. The van der Waals surface area contributed by atoms with Crippen LogP contribution in [-0.2, 0) is 11.2 Å². The third kappa shape index (κ3) is 2.94. The van der Waals surface area contributed by atoms with Crippen molar-refractivity contribution in [2.24, 2.45) is 11.8 Å². The fourth-order valence-corrected chi connectivity index (χ4v) is 2.51. The first-order valence-corrected chi connectivity index (χ1v) is 6.57. The topological polar surface area (TPSA) is 86.3 Å². The number of piperidine rings is 1. The number of carbonyl (C=O) groups excluding carboxylic acids is 1. The number of carboxylic acids is 1. The Labute approximate surface area is 111 Å². The van der Waals surface area contributed by atoms with E-state index in [1.54, 1.807) is 11.0 Å². The number of amides is 1. The van der Waals surface area contributed by atoms with Crippen molar-refractivity contribution in [3.8, 4) is 0 Å². The van der Waals surface area contributed by atoms with E-state index in [4.69, 9.17) is 5.11 Å². The van der Waals surface area contributed by atoms with Gasteiger partial charge in [-0.05, 0) is 24.8 Å². The first kappa shape index (κ1) is 13.6. The number of rotatable bonds is 3. The molecule has 0 radical (unpaired) electrons. The maximum absolute atomic E-state index is 12.3. The molecular formula is C13H19N3O3. The molecule has 6 heteroatoms. The minimum absolute atomic E-state index is 0.186. The molecule has 1 saturated heterocycles. The number of aromatic nitrogens is 2. The zero-order chi connectivity index (χ0) is 14.0. The molecule has 1 aliphatic heterocycles. The lowest BCUT2D eigenvalue weighted by atomic mass is 9.90. The van der Waals surface area contributed by atoms with Gasteiger partial charge in [-0.15, -0.1) is 0 Å². The monoisotopic (exact) mass is 265 g/mol. The first-order chi connectivity index (χ1) is 9.01. The summed E-state index contributed by atoms with van der Waals surface area (Å²) in [5, 5.41) is 15.9. The predicted molar refractivity (Wildman–Crippen MR) is 68.8 cm³/mol. The fraction of sp³-hybridized carbons (Fsp3) is 0.615. The highest BCUT2D eigenvalue weighted by molar-refractivity contribution is 5.92. The summed E-state index contributed by atoms with van der Waals surface area (Å²) in [5.74, 6) is -1.30. The van der Waals surface area contributed by atoms with Gasteiger partial charge in [0.05, 0.1) is 5.92 Å². The van der Waals surface area contributed by atoms with E-state index in [1.807, 2.05) is 13.8 Å². The highest BCUT2D eigenvalue weighted by atomic mass is 16.4. The van der Waals surface area contributed by atoms with Crippen LogP contribution in [0.1, 0.15) is 36.5 Å². The predicted octanol–water partition coefficient (Wildman–Crippen LogP) is 1.15. The van der Waals surface area contributed by atoms with Gasteiger partial charge in [-0.3, -0.25) is 14.7 Å². The number of aliphatic carboxylic acids is 1. The molecule has 104 valence electrons. The number of carboxylic acid groups (broad SMARTS) is 1. The third-order valence-corrected chi connectivity index (χ3v) is 3.53. The number of nitrogens with one attached hydrogen (secondary N) is 1. The van der Waals surface area contributed by atoms with Crippen LogP contribution in [0.3, 0.4) is 0 Å². The Kier molecular flexibility index (Phi) is 3.87. The molecule has 0 saturated carbocycles. The van der Waals surface area contributed by atoms with Crippen molar-refractivity contribution in [1.29, 1.82) is 0 Å². The number of nitrogens with zero attached hydrogens (tertiary/aromatic N) is 2. The van der Waals surface area contributed by atoms with Gasteiger partial charge in [0, 0.05) is 18.8 Å². The lowest BCUT2D eigenvalue weighted by molar-refractivity contribution is -0.143. The van der Waals surface area contributed by atoms with Gasteiger partial charge >= 0.3 is 5.97 Å². The number of hydrogen-bond donors (Lipinski definition) is 2. The highest BCUT2D eigenvalue weighted by Gasteiger charge is 2.32.